The number of aromatic hydroxyl groups is 1. The van der Waals surface area contributed by atoms with E-state index in [1.807, 2.05) is 58.9 Å². The molecule has 0 aliphatic rings. The van der Waals surface area contributed by atoms with E-state index in [0.717, 1.165) is 53.7 Å². The molecule has 6 nitrogen and oxygen atoms in total. The summed E-state index contributed by atoms with van der Waals surface area (Å²) in [4.78, 5) is 11.7. The third-order valence-corrected chi connectivity index (χ3v) is 14.6. The molecule has 0 heterocycles. The number of hydrogen-bond acceptors (Lipinski definition) is 6. The first kappa shape index (κ1) is 53.2. The minimum Gasteiger partial charge on any atom is -0.508 e. The van der Waals surface area contributed by atoms with Crippen molar-refractivity contribution in [2.75, 3.05) is 7.11 Å². The topological polar surface area (TPSA) is 96.2 Å². The molecule has 0 unspecified atom stereocenters. The molecule has 0 aliphatic carbocycles. The molecule has 0 saturated carbocycles. The first-order chi connectivity index (χ1) is 31.4. The standard InChI is InChI=1S/C34H42O4.C26H36O2/c1-8-33(36,9-2)21-20-26-12-15-28(22-24(26)5)34(10-3,11-4)29-16-19-31(25(6)23-29)38-30-17-13-27(14-18-30)32(35)37-7;1-7-25(28,8-2)16-15-21-11-12-22(17-19(21)5)26(9-3,10-4)23-13-14-24(27)20(6)18-23/h12-23,36H,8-11H2,1-7H3;11-18,27-28H,7-10H2,1-6H3/b21-20+;16-15+. The van der Waals surface area contributed by atoms with Gasteiger partial charge in [0.2, 0.25) is 0 Å². The lowest BCUT2D eigenvalue weighted by Gasteiger charge is -2.34. The lowest BCUT2D eigenvalue weighted by molar-refractivity contribution is 0.0600. The fourth-order valence-corrected chi connectivity index (χ4v) is 9.17. The van der Waals surface area contributed by atoms with E-state index in [9.17, 15) is 20.1 Å². The Bertz CT molecular complexity index is 2420. The van der Waals surface area contributed by atoms with E-state index in [0.29, 0.717) is 42.7 Å². The summed E-state index contributed by atoms with van der Waals surface area (Å²) in [5, 5.41) is 31.1. The number of hydrogen-bond donors (Lipinski definition) is 3. The average molecular weight is 895 g/mol. The average Bonchev–Trinajstić information content (AvgIpc) is 3.33. The molecule has 0 aliphatic heterocycles. The molecule has 66 heavy (non-hydrogen) atoms. The molecule has 0 bridgehead atoms. The van der Waals surface area contributed by atoms with Crippen molar-refractivity contribution in [3.05, 3.63) is 170 Å². The number of aryl methyl sites for hydroxylation is 4. The Hall–Kier alpha value is -5.43. The molecule has 5 aromatic rings. The van der Waals surface area contributed by atoms with E-state index in [1.165, 1.54) is 40.5 Å². The minimum atomic E-state index is -0.758. The number of benzene rings is 5. The van der Waals surface area contributed by atoms with Crippen molar-refractivity contribution in [1.29, 1.82) is 0 Å². The number of esters is 1. The highest BCUT2D eigenvalue weighted by molar-refractivity contribution is 5.89. The van der Waals surface area contributed by atoms with Gasteiger partial charge in [0.15, 0.2) is 0 Å². The molecule has 0 saturated heterocycles. The molecule has 3 N–H and O–H groups in total. The van der Waals surface area contributed by atoms with Crippen molar-refractivity contribution in [1.82, 2.24) is 0 Å². The second-order valence-corrected chi connectivity index (χ2v) is 18.1. The number of aliphatic hydroxyl groups is 2. The Kier molecular flexibility index (Phi) is 18.8. The fourth-order valence-electron chi connectivity index (χ4n) is 9.17. The van der Waals surface area contributed by atoms with Crippen LogP contribution in [0.2, 0.25) is 0 Å². The Labute approximate surface area is 397 Å². The van der Waals surface area contributed by atoms with Gasteiger partial charge >= 0.3 is 5.97 Å². The normalized spacial score (nSPS) is 12.3. The zero-order valence-corrected chi connectivity index (χ0v) is 42.3. The second kappa shape index (κ2) is 23.3. The third kappa shape index (κ3) is 12.1. The highest BCUT2D eigenvalue weighted by atomic mass is 16.5. The van der Waals surface area contributed by atoms with Gasteiger partial charge in [-0.1, -0.05) is 140 Å². The molecule has 0 atom stereocenters. The molecule has 0 fully saturated rings. The summed E-state index contributed by atoms with van der Waals surface area (Å²) in [6.07, 6.45) is 14.7. The zero-order chi connectivity index (χ0) is 48.9. The molecular weight excluding hydrogens is 817 g/mol. The van der Waals surface area contributed by atoms with Gasteiger partial charge in [0.1, 0.15) is 17.2 Å². The number of methoxy groups -OCH3 is 1. The number of ether oxygens (including phenoxy) is 2. The zero-order valence-electron chi connectivity index (χ0n) is 42.3. The summed E-state index contributed by atoms with van der Waals surface area (Å²) in [6.45, 7) is 25.3. The van der Waals surface area contributed by atoms with Gasteiger partial charge in [-0.3, -0.25) is 0 Å². The van der Waals surface area contributed by atoms with Crippen LogP contribution in [-0.2, 0) is 15.6 Å². The van der Waals surface area contributed by atoms with Crippen LogP contribution >= 0.6 is 0 Å². The number of rotatable bonds is 19. The molecule has 0 radical (unpaired) electrons. The fraction of sp³-hybridized carbons (Fsp3) is 0.417. The smallest absolute Gasteiger partial charge is 0.337 e. The van der Waals surface area contributed by atoms with E-state index >= 15 is 0 Å². The SMILES string of the molecule is CCC(O)(/C=C/c1ccc(C(CC)(CC)c2ccc(O)c(C)c2)cc1C)CC.CCC(O)(/C=C/c1ccc(C(CC)(CC)c2ccc(Oc3ccc(C(=O)OC)cc3)c(C)c2)cc1C)CC. The van der Waals surface area contributed by atoms with Crippen LogP contribution in [0.3, 0.4) is 0 Å². The van der Waals surface area contributed by atoms with Crippen LogP contribution in [0.4, 0.5) is 0 Å². The van der Waals surface area contributed by atoms with Gasteiger partial charge in [-0.2, -0.15) is 0 Å². The largest absolute Gasteiger partial charge is 0.508 e. The lowest BCUT2D eigenvalue weighted by atomic mass is 9.70. The maximum absolute atomic E-state index is 11.7. The van der Waals surface area contributed by atoms with Crippen LogP contribution in [0, 0.1) is 27.7 Å². The summed E-state index contributed by atoms with van der Waals surface area (Å²) in [7, 11) is 1.37. The second-order valence-electron chi connectivity index (χ2n) is 18.1. The Morgan fingerprint density at radius 3 is 1.23 bits per heavy atom. The van der Waals surface area contributed by atoms with Crippen molar-refractivity contribution >= 4 is 18.1 Å². The quantitative estimate of drug-likeness (QED) is 0.0715. The predicted molar refractivity (Wildman–Crippen MR) is 276 cm³/mol. The first-order valence-corrected chi connectivity index (χ1v) is 24.2. The van der Waals surface area contributed by atoms with E-state index in [2.05, 4.69) is 121 Å². The Balaban J connectivity index is 0.000000302. The van der Waals surface area contributed by atoms with Crippen LogP contribution in [0.5, 0.6) is 17.2 Å². The monoisotopic (exact) mass is 895 g/mol. The van der Waals surface area contributed by atoms with Gasteiger partial charge in [-0.05, 0) is 171 Å². The highest BCUT2D eigenvalue weighted by Crippen LogP contribution is 2.43. The summed E-state index contributed by atoms with van der Waals surface area (Å²) in [6, 6.07) is 32.8. The lowest BCUT2D eigenvalue weighted by Crippen LogP contribution is -2.26. The number of carbonyl (C=O) groups excluding carboxylic acids is 1. The van der Waals surface area contributed by atoms with Crippen molar-refractivity contribution in [2.45, 2.75) is 156 Å². The van der Waals surface area contributed by atoms with Gasteiger partial charge < -0.3 is 24.8 Å². The summed E-state index contributed by atoms with van der Waals surface area (Å²) in [5.74, 6) is 1.44. The number of carbonyl (C=O) groups is 1. The van der Waals surface area contributed by atoms with Gasteiger partial charge in [0.05, 0.1) is 23.9 Å². The molecule has 354 valence electrons. The molecule has 6 heteroatoms. The first-order valence-electron chi connectivity index (χ1n) is 24.2. The molecule has 0 spiro atoms. The van der Waals surface area contributed by atoms with Crippen LogP contribution in [0.1, 0.15) is 173 Å². The van der Waals surface area contributed by atoms with Gasteiger partial charge in [0.25, 0.3) is 0 Å². The van der Waals surface area contributed by atoms with Gasteiger partial charge in [-0.25, -0.2) is 4.79 Å². The molecule has 5 aromatic carbocycles. The van der Waals surface area contributed by atoms with Crippen molar-refractivity contribution in [3.8, 4) is 17.2 Å². The highest BCUT2D eigenvalue weighted by Gasteiger charge is 2.33. The molecular formula is C60H78O6. The van der Waals surface area contributed by atoms with E-state index in [1.54, 1.807) is 24.3 Å². The minimum absolute atomic E-state index is 0.0704. The van der Waals surface area contributed by atoms with Crippen molar-refractivity contribution < 1.29 is 29.6 Å². The van der Waals surface area contributed by atoms with Crippen LogP contribution in [0.25, 0.3) is 12.2 Å². The Morgan fingerprint density at radius 1 is 0.500 bits per heavy atom. The molecule has 0 amide bonds. The summed E-state index contributed by atoms with van der Waals surface area (Å²) in [5.41, 5.74) is 10.6. The third-order valence-electron chi connectivity index (χ3n) is 14.6. The summed E-state index contributed by atoms with van der Waals surface area (Å²) >= 11 is 0. The van der Waals surface area contributed by atoms with E-state index < -0.39 is 11.2 Å². The van der Waals surface area contributed by atoms with E-state index in [4.69, 9.17) is 9.47 Å². The van der Waals surface area contributed by atoms with Crippen LogP contribution < -0.4 is 4.74 Å². The van der Waals surface area contributed by atoms with E-state index in [-0.39, 0.29) is 16.8 Å². The molecule has 0 aromatic heterocycles. The predicted octanol–water partition coefficient (Wildman–Crippen LogP) is 15.2. The Morgan fingerprint density at radius 2 is 0.879 bits per heavy atom. The maximum Gasteiger partial charge on any atom is 0.337 e. The van der Waals surface area contributed by atoms with Crippen molar-refractivity contribution in [3.63, 3.8) is 0 Å². The van der Waals surface area contributed by atoms with Crippen LogP contribution in [0.15, 0.2) is 109 Å². The number of phenolic OH excluding ortho intramolecular Hbond substituents is 1. The van der Waals surface area contributed by atoms with Crippen molar-refractivity contribution in [2.24, 2.45) is 0 Å². The van der Waals surface area contributed by atoms with Crippen LogP contribution in [-0.4, -0.2) is 39.6 Å². The maximum atomic E-state index is 11.7. The summed E-state index contributed by atoms with van der Waals surface area (Å²) < 4.78 is 10.9. The number of phenols is 1. The van der Waals surface area contributed by atoms with Gasteiger partial charge in [0, 0.05) is 10.8 Å². The molecule has 5 rings (SSSR count). The van der Waals surface area contributed by atoms with Gasteiger partial charge in [-0.15, -0.1) is 0 Å².